The van der Waals surface area contributed by atoms with Gasteiger partial charge in [-0.05, 0) is 42.3 Å². The minimum Gasteiger partial charge on any atom is -0.365 e. The quantitative estimate of drug-likeness (QED) is 0.439. The molecule has 1 aromatic heterocycles. The van der Waals surface area contributed by atoms with Gasteiger partial charge in [0.25, 0.3) is 11.6 Å². The number of fused-ring (bicyclic) bond motifs is 1. The third-order valence-electron chi connectivity index (χ3n) is 4.60. The lowest BCUT2D eigenvalue weighted by molar-refractivity contribution is -0.384. The zero-order valence-electron chi connectivity index (χ0n) is 15.3. The molecule has 3 rings (SSSR count). The van der Waals surface area contributed by atoms with Crippen molar-refractivity contribution in [3.63, 3.8) is 0 Å². The Hall–Kier alpha value is -3.04. The van der Waals surface area contributed by atoms with Crippen molar-refractivity contribution < 1.29 is 14.5 Å². The van der Waals surface area contributed by atoms with E-state index in [9.17, 15) is 19.7 Å². The summed E-state index contributed by atoms with van der Waals surface area (Å²) in [6, 6.07) is 5.85. The Kier molecular flexibility index (Phi) is 5.86. The average molecular weight is 400 g/mol. The molecule has 0 saturated heterocycles. The lowest BCUT2D eigenvalue weighted by atomic mass is 10.0. The predicted octanol–water partition coefficient (Wildman–Crippen LogP) is 2.79. The molecule has 0 bridgehead atoms. The van der Waals surface area contributed by atoms with Crippen LogP contribution < -0.4 is 11.1 Å². The molecule has 1 aliphatic heterocycles. The van der Waals surface area contributed by atoms with Crippen LogP contribution in [0.2, 0.25) is 0 Å². The van der Waals surface area contributed by atoms with Gasteiger partial charge in [-0.15, -0.1) is 11.3 Å². The maximum Gasteiger partial charge on any atom is 0.269 e. The van der Waals surface area contributed by atoms with Crippen molar-refractivity contribution in [1.82, 2.24) is 4.90 Å². The summed E-state index contributed by atoms with van der Waals surface area (Å²) in [6.07, 6.45) is 3.60. The molecule has 0 atom stereocenters. The highest BCUT2D eigenvalue weighted by atomic mass is 32.1. The number of nitrogens with two attached hydrogens (primary N) is 1. The zero-order valence-corrected chi connectivity index (χ0v) is 16.1. The van der Waals surface area contributed by atoms with Crippen LogP contribution in [0.3, 0.4) is 0 Å². The number of nitro groups is 1. The number of nitro benzene ring substituents is 1. The van der Waals surface area contributed by atoms with Gasteiger partial charge in [-0.25, -0.2) is 0 Å². The number of primary amides is 1. The number of benzene rings is 1. The lowest BCUT2D eigenvalue weighted by Gasteiger charge is -2.25. The first-order chi connectivity index (χ1) is 13.4. The molecule has 1 aromatic carbocycles. The maximum absolute atomic E-state index is 12.3. The van der Waals surface area contributed by atoms with E-state index in [-0.39, 0.29) is 5.69 Å². The second-order valence-electron chi connectivity index (χ2n) is 6.36. The molecule has 0 fully saturated rings. The van der Waals surface area contributed by atoms with E-state index in [1.165, 1.54) is 29.5 Å². The highest BCUT2D eigenvalue weighted by Crippen LogP contribution is 2.36. The van der Waals surface area contributed by atoms with Gasteiger partial charge in [0, 0.05) is 36.2 Å². The zero-order chi connectivity index (χ0) is 20.3. The first-order valence-corrected chi connectivity index (χ1v) is 9.61. The number of nitrogens with one attached hydrogen (secondary N) is 1. The fourth-order valence-corrected chi connectivity index (χ4v) is 4.41. The van der Waals surface area contributed by atoms with Gasteiger partial charge in [0.15, 0.2) is 0 Å². The summed E-state index contributed by atoms with van der Waals surface area (Å²) in [4.78, 5) is 37.8. The Morgan fingerprint density at radius 2 is 2.07 bits per heavy atom. The fourth-order valence-electron chi connectivity index (χ4n) is 3.11. The number of hydrogen-bond donors (Lipinski definition) is 2. The van der Waals surface area contributed by atoms with E-state index in [2.05, 4.69) is 17.1 Å². The number of non-ortho nitro benzene ring substituents is 1. The van der Waals surface area contributed by atoms with Crippen LogP contribution in [-0.4, -0.2) is 34.7 Å². The topological polar surface area (TPSA) is 119 Å². The van der Waals surface area contributed by atoms with Crippen LogP contribution in [0.1, 0.15) is 33.3 Å². The van der Waals surface area contributed by atoms with Crippen molar-refractivity contribution in [3.05, 3.63) is 62.0 Å². The van der Waals surface area contributed by atoms with Gasteiger partial charge < -0.3 is 11.1 Å². The normalized spacial score (nSPS) is 14.0. The predicted molar refractivity (Wildman–Crippen MR) is 108 cm³/mol. The standard InChI is InChI=1S/C19H20N4O4S/c1-2-22-10-9-14-15(11-22)28-19(17(14)18(20)25)21-16(24)8-5-12-3-6-13(7-4-12)23(26)27/h3-8H,2,9-11H2,1H3,(H2,20,25)(H,21,24)/b8-5-. The molecule has 0 aliphatic carbocycles. The summed E-state index contributed by atoms with van der Waals surface area (Å²) >= 11 is 1.38. The van der Waals surface area contributed by atoms with Gasteiger partial charge in [-0.1, -0.05) is 6.92 Å². The van der Waals surface area contributed by atoms with Crippen LogP contribution in [0, 0.1) is 10.1 Å². The fraction of sp³-hybridized carbons (Fsp3) is 0.263. The van der Waals surface area contributed by atoms with Gasteiger partial charge in [-0.2, -0.15) is 0 Å². The number of anilines is 1. The molecule has 3 N–H and O–H groups in total. The van der Waals surface area contributed by atoms with Crippen molar-refractivity contribution in [2.45, 2.75) is 19.9 Å². The third-order valence-corrected chi connectivity index (χ3v) is 5.73. The molecule has 9 heteroatoms. The molecule has 0 spiro atoms. The SMILES string of the molecule is CCN1CCc2c(sc(NC(=O)/C=C\c3ccc([N+](=O)[O-])cc3)c2C(N)=O)C1. The Bertz CT molecular complexity index is 950. The molecule has 0 saturated carbocycles. The van der Waals surface area contributed by atoms with Crippen LogP contribution in [-0.2, 0) is 17.8 Å². The van der Waals surface area contributed by atoms with Crippen LogP contribution in [0.5, 0.6) is 0 Å². The molecule has 0 unspecified atom stereocenters. The van der Waals surface area contributed by atoms with E-state index >= 15 is 0 Å². The Labute approximate surface area is 165 Å². The number of carbonyl (C=O) groups excluding carboxylic acids is 2. The number of thiophene rings is 1. The molecule has 0 radical (unpaired) electrons. The maximum atomic E-state index is 12.3. The Balaban J connectivity index is 1.75. The van der Waals surface area contributed by atoms with Crippen molar-refractivity contribution >= 4 is 39.9 Å². The molecule has 8 nitrogen and oxygen atoms in total. The van der Waals surface area contributed by atoms with Gasteiger partial charge in [0.1, 0.15) is 5.00 Å². The minimum atomic E-state index is -0.544. The summed E-state index contributed by atoms with van der Waals surface area (Å²) in [7, 11) is 0. The van der Waals surface area contributed by atoms with Crippen molar-refractivity contribution in [2.24, 2.45) is 5.73 Å². The number of amides is 2. The first-order valence-electron chi connectivity index (χ1n) is 8.79. The van der Waals surface area contributed by atoms with Gasteiger partial charge in [0.2, 0.25) is 5.91 Å². The molecular weight excluding hydrogens is 380 g/mol. The van der Waals surface area contributed by atoms with Crippen molar-refractivity contribution in [2.75, 3.05) is 18.4 Å². The minimum absolute atomic E-state index is 0.0157. The molecule has 146 valence electrons. The second-order valence-corrected chi connectivity index (χ2v) is 7.47. The molecule has 2 amide bonds. The number of rotatable bonds is 6. The van der Waals surface area contributed by atoms with E-state index in [1.807, 2.05) is 0 Å². The summed E-state index contributed by atoms with van der Waals surface area (Å²) in [5.41, 5.74) is 7.52. The second kappa shape index (κ2) is 8.32. The summed E-state index contributed by atoms with van der Waals surface area (Å²) in [5, 5.41) is 13.9. The Morgan fingerprint density at radius 3 is 2.68 bits per heavy atom. The largest absolute Gasteiger partial charge is 0.365 e. The molecular formula is C19H20N4O4S. The molecule has 2 aromatic rings. The van der Waals surface area contributed by atoms with Crippen LogP contribution >= 0.6 is 11.3 Å². The highest BCUT2D eigenvalue weighted by molar-refractivity contribution is 7.17. The van der Waals surface area contributed by atoms with Crippen LogP contribution in [0.25, 0.3) is 6.08 Å². The van der Waals surface area contributed by atoms with E-state index in [1.54, 1.807) is 18.2 Å². The number of likely N-dealkylation sites (N-methyl/N-ethyl adjacent to an activating group) is 1. The average Bonchev–Trinajstić information content (AvgIpc) is 3.03. The van der Waals surface area contributed by atoms with E-state index in [4.69, 9.17) is 5.73 Å². The van der Waals surface area contributed by atoms with Crippen LogP contribution in [0.15, 0.2) is 30.3 Å². The lowest BCUT2D eigenvalue weighted by Crippen LogP contribution is -2.30. The van der Waals surface area contributed by atoms with E-state index < -0.39 is 16.7 Å². The summed E-state index contributed by atoms with van der Waals surface area (Å²) in [6.45, 7) is 4.60. The smallest absolute Gasteiger partial charge is 0.269 e. The van der Waals surface area contributed by atoms with Crippen molar-refractivity contribution in [1.29, 1.82) is 0 Å². The highest BCUT2D eigenvalue weighted by Gasteiger charge is 2.26. The monoisotopic (exact) mass is 400 g/mol. The summed E-state index contributed by atoms with van der Waals surface area (Å²) < 4.78 is 0. The van der Waals surface area contributed by atoms with E-state index in [0.29, 0.717) is 16.1 Å². The first kappa shape index (κ1) is 19.7. The van der Waals surface area contributed by atoms with Gasteiger partial charge >= 0.3 is 0 Å². The van der Waals surface area contributed by atoms with Crippen LogP contribution in [0.4, 0.5) is 10.7 Å². The summed E-state index contributed by atoms with van der Waals surface area (Å²) in [5.74, 6) is -0.941. The van der Waals surface area contributed by atoms with E-state index in [0.717, 1.165) is 36.5 Å². The van der Waals surface area contributed by atoms with Gasteiger partial charge in [0.05, 0.1) is 10.5 Å². The molecule has 28 heavy (non-hydrogen) atoms. The van der Waals surface area contributed by atoms with Crippen molar-refractivity contribution in [3.8, 4) is 0 Å². The van der Waals surface area contributed by atoms with Gasteiger partial charge in [-0.3, -0.25) is 24.6 Å². The molecule has 1 aliphatic rings. The number of hydrogen-bond acceptors (Lipinski definition) is 6. The molecule has 2 heterocycles. The third kappa shape index (κ3) is 4.26. The Morgan fingerprint density at radius 1 is 1.36 bits per heavy atom. The number of nitrogens with zero attached hydrogens (tertiary/aromatic N) is 2. The number of carbonyl (C=O) groups is 2.